The number of nitrogens with one attached hydrogen (secondary N) is 1. The number of nitrogens with zero attached hydrogens (tertiary/aromatic N) is 1. The zero-order chi connectivity index (χ0) is 14.1. The first-order chi connectivity index (χ1) is 9.65. The van der Waals surface area contributed by atoms with Gasteiger partial charge in [-0.3, -0.25) is 4.79 Å². The molecular weight excluding hydrogens is 262 g/mol. The molecule has 3 nitrogen and oxygen atoms in total. The second-order valence-electron chi connectivity index (χ2n) is 4.57. The van der Waals surface area contributed by atoms with Crippen molar-refractivity contribution in [2.24, 2.45) is 0 Å². The van der Waals surface area contributed by atoms with Gasteiger partial charge in [-0.2, -0.15) is 0 Å². The lowest BCUT2D eigenvalue weighted by atomic mass is 10.2. The van der Waals surface area contributed by atoms with Crippen LogP contribution in [0.2, 0.25) is 0 Å². The predicted octanol–water partition coefficient (Wildman–Crippen LogP) is 3.45. The Morgan fingerprint density at radius 2 is 1.85 bits per heavy atom. The second kappa shape index (κ2) is 4.92. The molecule has 0 atom stereocenters. The van der Waals surface area contributed by atoms with Gasteiger partial charge in [0, 0.05) is 24.7 Å². The van der Waals surface area contributed by atoms with Gasteiger partial charge in [0.15, 0.2) is 5.82 Å². The maximum atomic E-state index is 13.9. The first-order valence-electron chi connectivity index (χ1n) is 6.26. The maximum absolute atomic E-state index is 13.9. The fourth-order valence-corrected chi connectivity index (χ4v) is 2.31. The molecule has 1 aliphatic rings. The topological polar surface area (TPSA) is 32.3 Å². The van der Waals surface area contributed by atoms with Crippen molar-refractivity contribution >= 4 is 23.0 Å². The highest BCUT2D eigenvalue weighted by molar-refractivity contribution is 5.97. The Kier molecular flexibility index (Phi) is 3.10. The first-order valence-corrected chi connectivity index (χ1v) is 6.26. The molecule has 0 aromatic heterocycles. The molecule has 0 unspecified atom stereocenters. The molecular formula is C15H12F2N2O. The number of carbonyl (C=O) groups is 1. The van der Waals surface area contributed by atoms with E-state index in [1.54, 1.807) is 4.90 Å². The fraction of sp³-hybridized carbons (Fsp3) is 0.133. The number of rotatable bonds is 1. The molecule has 3 rings (SSSR count). The van der Waals surface area contributed by atoms with E-state index in [-0.39, 0.29) is 18.0 Å². The van der Waals surface area contributed by atoms with E-state index in [1.165, 1.54) is 6.07 Å². The van der Waals surface area contributed by atoms with Crippen molar-refractivity contribution in [3.05, 3.63) is 54.1 Å². The average molecular weight is 274 g/mol. The Morgan fingerprint density at radius 1 is 1.10 bits per heavy atom. The number of benzene rings is 2. The van der Waals surface area contributed by atoms with Crippen LogP contribution in [0.1, 0.15) is 6.42 Å². The standard InChI is InChI=1S/C15H12F2N2O/c16-10-8-12(17)15-13(9-10)19(7-6-14(20)18-15)11-4-2-1-3-5-11/h1-5,8-9H,6-7H2,(H,18,20). The SMILES string of the molecule is O=C1CCN(c2ccccc2)c2cc(F)cc(F)c2N1. The van der Waals surface area contributed by atoms with E-state index in [2.05, 4.69) is 5.32 Å². The van der Waals surface area contributed by atoms with Gasteiger partial charge < -0.3 is 10.2 Å². The molecule has 5 heteroatoms. The monoisotopic (exact) mass is 274 g/mol. The van der Waals surface area contributed by atoms with Crippen molar-refractivity contribution in [3.8, 4) is 0 Å². The van der Waals surface area contributed by atoms with Gasteiger partial charge in [-0.1, -0.05) is 18.2 Å². The van der Waals surface area contributed by atoms with E-state index < -0.39 is 11.6 Å². The van der Waals surface area contributed by atoms with Gasteiger partial charge in [-0.15, -0.1) is 0 Å². The van der Waals surface area contributed by atoms with E-state index in [1.807, 2.05) is 30.3 Å². The first kappa shape index (κ1) is 12.6. The zero-order valence-electron chi connectivity index (χ0n) is 10.6. The molecule has 0 fully saturated rings. The number of amides is 1. The summed E-state index contributed by atoms with van der Waals surface area (Å²) in [6.07, 6.45) is 0.213. The van der Waals surface area contributed by atoms with Crippen LogP contribution < -0.4 is 10.2 Å². The van der Waals surface area contributed by atoms with Crippen LogP contribution in [-0.4, -0.2) is 12.5 Å². The van der Waals surface area contributed by atoms with Gasteiger partial charge in [0.2, 0.25) is 5.91 Å². The van der Waals surface area contributed by atoms with Crippen LogP contribution in [0.5, 0.6) is 0 Å². The summed E-state index contributed by atoms with van der Waals surface area (Å²) in [5, 5.41) is 2.50. The highest BCUT2D eigenvalue weighted by Gasteiger charge is 2.23. The molecule has 1 amide bonds. The number of para-hydroxylation sites is 1. The molecule has 0 saturated heterocycles. The van der Waals surface area contributed by atoms with Crippen LogP contribution >= 0.6 is 0 Å². The van der Waals surface area contributed by atoms with Crippen LogP contribution in [0.4, 0.5) is 25.8 Å². The van der Waals surface area contributed by atoms with Crippen LogP contribution in [0.25, 0.3) is 0 Å². The van der Waals surface area contributed by atoms with Crippen molar-refractivity contribution in [2.75, 3.05) is 16.8 Å². The Balaban J connectivity index is 2.17. The number of carbonyl (C=O) groups excluding carboxylic acids is 1. The summed E-state index contributed by atoms with van der Waals surface area (Å²) in [5.41, 5.74) is 1.15. The summed E-state index contributed by atoms with van der Waals surface area (Å²) in [7, 11) is 0. The van der Waals surface area contributed by atoms with Crippen molar-refractivity contribution in [1.82, 2.24) is 0 Å². The Hall–Kier alpha value is -2.43. The Morgan fingerprint density at radius 3 is 2.60 bits per heavy atom. The quantitative estimate of drug-likeness (QED) is 0.864. The van der Waals surface area contributed by atoms with Crippen molar-refractivity contribution in [2.45, 2.75) is 6.42 Å². The Labute approximate surface area is 114 Å². The smallest absolute Gasteiger partial charge is 0.226 e. The minimum absolute atomic E-state index is 0.0257. The van der Waals surface area contributed by atoms with E-state index in [0.717, 1.165) is 11.8 Å². The van der Waals surface area contributed by atoms with Gasteiger partial charge in [-0.05, 0) is 18.2 Å². The maximum Gasteiger partial charge on any atom is 0.226 e. The van der Waals surface area contributed by atoms with Gasteiger partial charge in [-0.25, -0.2) is 8.78 Å². The van der Waals surface area contributed by atoms with Crippen molar-refractivity contribution in [1.29, 1.82) is 0 Å². The summed E-state index contributed by atoms with van der Waals surface area (Å²) >= 11 is 0. The summed E-state index contributed by atoms with van der Waals surface area (Å²) in [6, 6.07) is 11.2. The van der Waals surface area contributed by atoms with E-state index >= 15 is 0 Å². The zero-order valence-corrected chi connectivity index (χ0v) is 10.6. The second-order valence-corrected chi connectivity index (χ2v) is 4.57. The molecule has 102 valence electrons. The minimum Gasteiger partial charge on any atom is -0.339 e. The van der Waals surface area contributed by atoms with Crippen LogP contribution in [-0.2, 0) is 4.79 Å². The predicted molar refractivity (Wildman–Crippen MR) is 73.1 cm³/mol. The lowest BCUT2D eigenvalue weighted by Gasteiger charge is -2.24. The molecule has 0 radical (unpaired) electrons. The van der Waals surface area contributed by atoms with Gasteiger partial charge >= 0.3 is 0 Å². The number of hydrogen-bond donors (Lipinski definition) is 1. The summed E-state index contributed by atoms with van der Waals surface area (Å²) < 4.78 is 27.4. The fourth-order valence-electron chi connectivity index (χ4n) is 2.31. The lowest BCUT2D eigenvalue weighted by molar-refractivity contribution is -0.115. The van der Waals surface area contributed by atoms with Crippen molar-refractivity contribution < 1.29 is 13.6 Å². The molecule has 1 N–H and O–H groups in total. The molecule has 20 heavy (non-hydrogen) atoms. The van der Waals surface area contributed by atoms with Gasteiger partial charge in [0.05, 0.1) is 5.69 Å². The van der Waals surface area contributed by atoms with E-state index in [9.17, 15) is 13.6 Å². The lowest BCUT2D eigenvalue weighted by Crippen LogP contribution is -2.18. The normalized spacial score (nSPS) is 14.5. The highest BCUT2D eigenvalue weighted by atomic mass is 19.1. The molecule has 2 aromatic rings. The van der Waals surface area contributed by atoms with Gasteiger partial charge in [0.25, 0.3) is 0 Å². The molecule has 0 bridgehead atoms. The Bertz CT molecular complexity index is 658. The summed E-state index contributed by atoms with van der Waals surface area (Å²) in [4.78, 5) is 13.4. The number of anilines is 3. The molecule has 0 spiro atoms. The highest BCUT2D eigenvalue weighted by Crippen LogP contribution is 2.36. The van der Waals surface area contributed by atoms with Crippen LogP contribution in [0.3, 0.4) is 0 Å². The van der Waals surface area contributed by atoms with Crippen LogP contribution in [0, 0.1) is 11.6 Å². The number of hydrogen-bond acceptors (Lipinski definition) is 2. The average Bonchev–Trinajstić information content (AvgIpc) is 2.59. The third kappa shape index (κ3) is 2.22. The molecule has 2 aromatic carbocycles. The van der Waals surface area contributed by atoms with E-state index in [4.69, 9.17) is 0 Å². The molecule has 1 heterocycles. The van der Waals surface area contributed by atoms with Crippen molar-refractivity contribution in [3.63, 3.8) is 0 Å². The molecule has 1 aliphatic heterocycles. The van der Waals surface area contributed by atoms with Crippen LogP contribution in [0.15, 0.2) is 42.5 Å². The summed E-state index contributed by atoms with van der Waals surface area (Å²) in [6.45, 7) is 0.367. The van der Waals surface area contributed by atoms with Gasteiger partial charge in [0.1, 0.15) is 11.5 Å². The van der Waals surface area contributed by atoms with E-state index in [0.29, 0.717) is 12.2 Å². The number of halogens is 2. The third-order valence-electron chi connectivity index (χ3n) is 3.22. The number of fused-ring (bicyclic) bond motifs is 1. The molecule has 0 saturated carbocycles. The summed E-state index contributed by atoms with van der Waals surface area (Å²) in [5.74, 6) is -1.72. The molecule has 0 aliphatic carbocycles. The largest absolute Gasteiger partial charge is 0.339 e. The third-order valence-corrected chi connectivity index (χ3v) is 3.22. The minimum atomic E-state index is -0.767.